The van der Waals surface area contributed by atoms with Crippen molar-refractivity contribution in [2.24, 2.45) is 0 Å². The van der Waals surface area contributed by atoms with Gasteiger partial charge in [0.2, 0.25) is 0 Å². The SMILES string of the molecule is COc1cccc(CNC(=S)N2CCC(c3nccn3Cc3cc(Cl)ccc3Cl)CC2)c1OC. The Bertz CT molecular complexity index is 1150. The summed E-state index contributed by atoms with van der Waals surface area (Å²) in [6.45, 7) is 2.97. The monoisotopic (exact) mass is 518 g/mol. The van der Waals surface area contributed by atoms with Crippen molar-refractivity contribution in [3.05, 3.63) is 75.8 Å². The van der Waals surface area contributed by atoms with E-state index >= 15 is 0 Å². The third-order valence-electron chi connectivity index (χ3n) is 6.16. The van der Waals surface area contributed by atoms with E-state index < -0.39 is 0 Å². The van der Waals surface area contributed by atoms with E-state index in [2.05, 4.69) is 19.8 Å². The number of methoxy groups -OCH3 is 2. The van der Waals surface area contributed by atoms with Crippen LogP contribution in [0.4, 0.5) is 0 Å². The molecular formula is C25H28Cl2N4O2S. The third-order valence-corrected chi connectivity index (χ3v) is 7.16. The van der Waals surface area contributed by atoms with Gasteiger partial charge in [0, 0.05) is 53.6 Å². The van der Waals surface area contributed by atoms with E-state index in [1.807, 2.05) is 42.7 Å². The molecular weight excluding hydrogens is 491 g/mol. The quantitative estimate of drug-likeness (QED) is 0.416. The highest BCUT2D eigenvalue weighted by Crippen LogP contribution is 2.31. The molecule has 0 saturated carbocycles. The Kier molecular flexibility index (Phi) is 8.19. The van der Waals surface area contributed by atoms with Crippen LogP contribution >= 0.6 is 35.4 Å². The molecule has 4 rings (SSSR count). The van der Waals surface area contributed by atoms with Gasteiger partial charge in [0.1, 0.15) is 5.82 Å². The molecule has 0 radical (unpaired) electrons. The highest BCUT2D eigenvalue weighted by molar-refractivity contribution is 7.80. The molecule has 1 saturated heterocycles. The van der Waals surface area contributed by atoms with Crippen molar-refractivity contribution in [2.75, 3.05) is 27.3 Å². The molecule has 1 fully saturated rings. The van der Waals surface area contributed by atoms with Crippen LogP contribution < -0.4 is 14.8 Å². The fourth-order valence-corrected chi connectivity index (χ4v) is 5.01. The zero-order valence-electron chi connectivity index (χ0n) is 19.3. The van der Waals surface area contributed by atoms with Crippen molar-refractivity contribution in [2.45, 2.75) is 31.8 Å². The minimum absolute atomic E-state index is 0.366. The Morgan fingerprint density at radius 3 is 2.65 bits per heavy atom. The Morgan fingerprint density at radius 2 is 1.91 bits per heavy atom. The first-order valence-electron chi connectivity index (χ1n) is 11.2. The molecule has 3 aromatic rings. The molecule has 0 unspecified atom stereocenters. The summed E-state index contributed by atoms with van der Waals surface area (Å²) in [5.41, 5.74) is 1.99. The Morgan fingerprint density at radius 1 is 1.12 bits per heavy atom. The summed E-state index contributed by atoms with van der Waals surface area (Å²) < 4.78 is 13.1. The minimum atomic E-state index is 0.366. The van der Waals surface area contributed by atoms with Gasteiger partial charge in [-0.05, 0) is 54.9 Å². The molecule has 0 amide bonds. The fourth-order valence-electron chi connectivity index (χ4n) is 4.38. The lowest BCUT2D eigenvalue weighted by molar-refractivity contribution is 0.300. The Balaban J connectivity index is 1.34. The van der Waals surface area contributed by atoms with Crippen LogP contribution in [0.15, 0.2) is 48.8 Å². The summed E-state index contributed by atoms with van der Waals surface area (Å²) in [7, 11) is 3.29. The molecule has 1 aliphatic heterocycles. The van der Waals surface area contributed by atoms with Crippen molar-refractivity contribution in [3.8, 4) is 11.5 Å². The lowest BCUT2D eigenvalue weighted by Crippen LogP contribution is -2.44. The van der Waals surface area contributed by atoms with Crippen LogP contribution in [0.25, 0.3) is 0 Å². The standard InChI is InChI=1S/C25H28Cl2N4O2S/c1-32-22-5-3-4-18(23(22)33-2)15-29-25(34)30-11-8-17(9-12-30)24-28-10-13-31(24)16-19-14-20(26)6-7-21(19)27/h3-7,10,13-14,17H,8-9,11-12,15-16H2,1-2H3,(H,29,34). The van der Waals surface area contributed by atoms with Crippen LogP contribution in [0.1, 0.15) is 35.7 Å². The molecule has 2 heterocycles. The van der Waals surface area contributed by atoms with E-state index in [9.17, 15) is 0 Å². The number of hydrogen-bond acceptors (Lipinski definition) is 4. The largest absolute Gasteiger partial charge is 0.493 e. The van der Waals surface area contributed by atoms with E-state index in [0.29, 0.717) is 34.8 Å². The number of ether oxygens (including phenoxy) is 2. The molecule has 6 nitrogen and oxygen atoms in total. The number of imidazole rings is 1. The molecule has 0 bridgehead atoms. The van der Waals surface area contributed by atoms with Gasteiger partial charge in [0.25, 0.3) is 0 Å². The van der Waals surface area contributed by atoms with Gasteiger partial charge in [-0.15, -0.1) is 0 Å². The number of rotatable bonds is 7. The van der Waals surface area contributed by atoms with E-state index in [1.54, 1.807) is 20.3 Å². The van der Waals surface area contributed by atoms with Gasteiger partial charge in [-0.2, -0.15) is 0 Å². The summed E-state index contributed by atoms with van der Waals surface area (Å²) in [5.74, 6) is 2.88. The second-order valence-electron chi connectivity index (χ2n) is 8.22. The first-order chi connectivity index (χ1) is 16.5. The maximum absolute atomic E-state index is 6.38. The maximum atomic E-state index is 6.38. The van der Waals surface area contributed by atoms with Crippen LogP contribution in [0.3, 0.4) is 0 Å². The lowest BCUT2D eigenvalue weighted by Gasteiger charge is -2.34. The van der Waals surface area contributed by atoms with Gasteiger partial charge >= 0.3 is 0 Å². The highest BCUT2D eigenvalue weighted by atomic mass is 35.5. The average molecular weight is 519 g/mol. The molecule has 1 aromatic heterocycles. The number of piperidine rings is 1. The van der Waals surface area contributed by atoms with Crippen LogP contribution in [0.5, 0.6) is 11.5 Å². The van der Waals surface area contributed by atoms with E-state index in [-0.39, 0.29) is 0 Å². The van der Waals surface area contributed by atoms with Gasteiger partial charge in [0.05, 0.1) is 20.8 Å². The lowest BCUT2D eigenvalue weighted by atomic mass is 9.96. The minimum Gasteiger partial charge on any atom is -0.493 e. The summed E-state index contributed by atoms with van der Waals surface area (Å²) in [5, 5.41) is 5.51. The van der Waals surface area contributed by atoms with Gasteiger partial charge in [-0.1, -0.05) is 35.3 Å². The fraction of sp³-hybridized carbons (Fsp3) is 0.360. The average Bonchev–Trinajstić information content (AvgIpc) is 3.32. The summed E-state index contributed by atoms with van der Waals surface area (Å²) >= 11 is 18.2. The van der Waals surface area contributed by atoms with E-state index in [1.165, 1.54) is 0 Å². The first kappa shape index (κ1) is 24.6. The van der Waals surface area contributed by atoms with Gasteiger partial charge in [-0.3, -0.25) is 0 Å². The molecule has 2 aromatic carbocycles. The Labute approximate surface area is 215 Å². The number of hydrogen-bond donors (Lipinski definition) is 1. The number of nitrogens with one attached hydrogen (secondary N) is 1. The first-order valence-corrected chi connectivity index (χ1v) is 12.3. The number of halogens is 2. The molecule has 0 atom stereocenters. The number of nitrogens with zero attached hydrogens (tertiary/aromatic N) is 3. The molecule has 0 spiro atoms. The van der Waals surface area contributed by atoms with E-state index in [0.717, 1.165) is 53.7 Å². The van der Waals surface area contributed by atoms with Crippen LogP contribution in [0.2, 0.25) is 10.0 Å². The third kappa shape index (κ3) is 5.59. The summed E-state index contributed by atoms with van der Waals surface area (Å²) in [4.78, 5) is 6.89. The highest BCUT2D eigenvalue weighted by Gasteiger charge is 2.25. The van der Waals surface area contributed by atoms with Crippen molar-refractivity contribution < 1.29 is 9.47 Å². The second kappa shape index (κ2) is 11.3. The van der Waals surface area contributed by atoms with Crippen molar-refractivity contribution in [1.29, 1.82) is 0 Å². The van der Waals surface area contributed by atoms with Crippen molar-refractivity contribution in [1.82, 2.24) is 19.8 Å². The normalized spacial score (nSPS) is 14.2. The molecule has 34 heavy (non-hydrogen) atoms. The Hall–Kier alpha value is -2.48. The smallest absolute Gasteiger partial charge is 0.169 e. The molecule has 1 aliphatic rings. The number of benzene rings is 2. The number of para-hydroxylation sites is 1. The summed E-state index contributed by atoms with van der Waals surface area (Å²) in [6.07, 6.45) is 5.82. The van der Waals surface area contributed by atoms with Crippen LogP contribution in [-0.2, 0) is 13.1 Å². The zero-order chi connectivity index (χ0) is 24.1. The summed E-state index contributed by atoms with van der Waals surface area (Å²) in [6, 6.07) is 11.4. The predicted octanol–water partition coefficient (Wildman–Crippen LogP) is 5.51. The number of thiocarbonyl (C=S) groups is 1. The maximum Gasteiger partial charge on any atom is 0.169 e. The second-order valence-corrected chi connectivity index (χ2v) is 9.45. The zero-order valence-corrected chi connectivity index (χ0v) is 21.6. The van der Waals surface area contributed by atoms with Gasteiger partial charge in [-0.25, -0.2) is 4.98 Å². The molecule has 0 aliphatic carbocycles. The van der Waals surface area contributed by atoms with Crippen molar-refractivity contribution >= 4 is 40.5 Å². The number of aromatic nitrogens is 2. The molecule has 9 heteroatoms. The van der Waals surface area contributed by atoms with Crippen LogP contribution in [-0.4, -0.2) is 46.9 Å². The van der Waals surface area contributed by atoms with Gasteiger partial charge in [0.15, 0.2) is 16.6 Å². The topological polar surface area (TPSA) is 51.5 Å². The van der Waals surface area contributed by atoms with E-state index in [4.69, 9.17) is 44.9 Å². The predicted molar refractivity (Wildman–Crippen MR) is 140 cm³/mol. The van der Waals surface area contributed by atoms with Crippen LogP contribution in [0, 0.1) is 0 Å². The van der Waals surface area contributed by atoms with Crippen molar-refractivity contribution in [3.63, 3.8) is 0 Å². The number of likely N-dealkylation sites (tertiary alicyclic amines) is 1. The molecule has 180 valence electrons. The molecule has 1 N–H and O–H groups in total. The van der Waals surface area contributed by atoms with Gasteiger partial charge < -0.3 is 24.3 Å².